The molecular formula is C12H16N2O6. The average Bonchev–Trinajstić information content (AvgIpc) is 2.91. The topological polar surface area (TPSA) is 115 Å². The first-order valence-corrected chi connectivity index (χ1v) is 6.43. The second kappa shape index (κ2) is 5.58. The lowest BCUT2D eigenvalue weighted by Crippen LogP contribution is -2.42. The lowest BCUT2D eigenvalue weighted by molar-refractivity contribution is -0.149. The maximum atomic E-state index is 12.0. The summed E-state index contributed by atoms with van der Waals surface area (Å²) in [6.07, 6.45) is -0.646. The molecule has 0 saturated carbocycles. The third-order valence-electron chi connectivity index (χ3n) is 3.59. The molecule has 8 heteroatoms. The van der Waals surface area contributed by atoms with Gasteiger partial charge in [0.05, 0.1) is 6.10 Å². The number of hydrogen-bond acceptors (Lipinski definition) is 5. The Morgan fingerprint density at radius 3 is 2.35 bits per heavy atom. The minimum Gasteiger partial charge on any atom is -0.480 e. The van der Waals surface area contributed by atoms with E-state index in [9.17, 15) is 24.3 Å². The average molecular weight is 284 g/mol. The van der Waals surface area contributed by atoms with Crippen LogP contribution in [0, 0.1) is 0 Å². The first kappa shape index (κ1) is 14.4. The molecule has 110 valence electrons. The van der Waals surface area contributed by atoms with E-state index in [2.05, 4.69) is 0 Å². The highest BCUT2D eigenvalue weighted by molar-refractivity contribution is 6.02. The van der Waals surface area contributed by atoms with Gasteiger partial charge in [0, 0.05) is 38.8 Å². The number of imide groups is 1. The van der Waals surface area contributed by atoms with Gasteiger partial charge in [-0.05, 0) is 0 Å². The Kier molecular flexibility index (Phi) is 4.03. The summed E-state index contributed by atoms with van der Waals surface area (Å²) in [7, 11) is 0. The first-order chi connectivity index (χ1) is 9.40. The summed E-state index contributed by atoms with van der Waals surface area (Å²) >= 11 is 0. The molecule has 0 aromatic rings. The van der Waals surface area contributed by atoms with E-state index >= 15 is 0 Å². The maximum absolute atomic E-state index is 12.0. The molecule has 3 amide bonds. The van der Waals surface area contributed by atoms with Crippen molar-refractivity contribution in [1.29, 1.82) is 0 Å². The number of hydrogen-bond donors (Lipinski definition) is 2. The molecule has 2 aliphatic heterocycles. The van der Waals surface area contributed by atoms with Crippen LogP contribution in [-0.4, -0.2) is 68.9 Å². The second-order valence-electron chi connectivity index (χ2n) is 4.98. The van der Waals surface area contributed by atoms with Gasteiger partial charge in [-0.1, -0.05) is 0 Å². The van der Waals surface area contributed by atoms with E-state index in [1.165, 1.54) is 0 Å². The zero-order valence-electron chi connectivity index (χ0n) is 10.8. The van der Waals surface area contributed by atoms with Crippen LogP contribution in [-0.2, 0) is 19.2 Å². The van der Waals surface area contributed by atoms with Crippen molar-refractivity contribution in [3.63, 3.8) is 0 Å². The number of aliphatic hydroxyl groups is 1. The zero-order valence-corrected chi connectivity index (χ0v) is 10.8. The van der Waals surface area contributed by atoms with Crippen molar-refractivity contribution in [2.24, 2.45) is 0 Å². The number of carbonyl (C=O) groups is 4. The van der Waals surface area contributed by atoms with E-state index in [0.29, 0.717) is 0 Å². The van der Waals surface area contributed by atoms with Crippen molar-refractivity contribution in [3.05, 3.63) is 0 Å². The summed E-state index contributed by atoms with van der Waals surface area (Å²) < 4.78 is 0. The Bertz CT molecular complexity index is 447. The highest BCUT2D eigenvalue weighted by Gasteiger charge is 2.39. The monoisotopic (exact) mass is 284 g/mol. The standard InChI is InChI=1S/C12H16N2O6/c15-7-5-8(12(19)20)14(6-7)11(18)3-4-13-9(16)1-2-10(13)17/h7-8,15H,1-6H2,(H,19,20)/t7?,8-/m0/s1. The van der Waals surface area contributed by atoms with Crippen LogP contribution >= 0.6 is 0 Å². The third kappa shape index (κ3) is 2.79. The molecule has 20 heavy (non-hydrogen) atoms. The number of aliphatic carboxylic acids is 1. The fraction of sp³-hybridized carbons (Fsp3) is 0.667. The van der Waals surface area contributed by atoms with Crippen LogP contribution in [0.4, 0.5) is 0 Å². The van der Waals surface area contributed by atoms with E-state index in [0.717, 1.165) is 9.80 Å². The van der Waals surface area contributed by atoms with Crippen LogP contribution < -0.4 is 0 Å². The van der Waals surface area contributed by atoms with Crippen molar-refractivity contribution in [3.8, 4) is 0 Å². The lowest BCUT2D eigenvalue weighted by Gasteiger charge is -2.22. The van der Waals surface area contributed by atoms with E-state index in [1.54, 1.807) is 0 Å². The van der Waals surface area contributed by atoms with Crippen LogP contribution in [0.15, 0.2) is 0 Å². The van der Waals surface area contributed by atoms with Gasteiger partial charge in [0.25, 0.3) is 0 Å². The molecule has 0 aromatic carbocycles. The van der Waals surface area contributed by atoms with Crippen molar-refractivity contribution in [2.75, 3.05) is 13.1 Å². The molecule has 2 saturated heterocycles. The van der Waals surface area contributed by atoms with Gasteiger partial charge in [0.15, 0.2) is 0 Å². The number of amides is 3. The normalized spacial score (nSPS) is 26.4. The summed E-state index contributed by atoms with van der Waals surface area (Å²) in [6, 6.07) is -1.04. The number of rotatable bonds is 4. The van der Waals surface area contributed by atoms with Gasteiger partial charge in [0.2, 0.25) is 17.7 Å². The second-order valence-corrected chi connectivity index (χ2v) is 4.98. The summed E-state index contributed by atoms with van der Waals surface area (Å²) in [5, 5.41) is 18.4. The number of carboxylic acid groups (broad SMARTS) is 1. The van der Waals surface area contributed by atoms with Crippen molar-refractivity contribution >= 4 is 23.7 Å². The summed E-state index contributed by atoms with van der Waals surface area (Å²) in [5.41, 5.74) is 0. The molecule has 2 atom stereocenters. The quantitative estimate of drug-likeness (QED) is 0.612. The number of carboxylic acids is 1. The smallest absolute Gasteiger partial charge is 0.326 e. The Morgan fingerprint density at radius 1 is 1.20 bits per heavy atom. The summed E-state index contributed by atoms with van der Waals surface area (Å²) in [6.45, 7) is -0.0624. The molecule has 2 heterocycles. The number of β-amino-alcohol motifs (C(OH)–C–C–N with tert-alkyl or cyclic N) is 1. The number of likely N-dealkylation sites (tertiary alicyclic amines) is 2. The fourth-order valence-corrected chi connectivity index (χ4v) is 2.55. The lowest BCUT2D eigenvalue weighted by atomic mass is 10.2. The Labute approximate surface area is 114 Å². The van der Waals surface area contributed by atoms with Gasteiger partial charge in [-0.25, -0.2) is 4.79 Å². The van der Waals surface area contributed by atoms with E-state index in [-0.39, 0.29) is 50.6 Å². The Balaban J connectivity index is 1.93. The largest absolute Gasteiger partial charge is 0.480 e. The molecule has 0 bridgehead atoms. The number of carbonyl (C=O) groups excluding carboxylic acids is 3. The van der Waals surface area contributed by atoms with Crippen LogP contribution in [0.2, 0.25) is 0 Å². The molecule has 8 nitrogen and oxygen atoms in total. The van der Waals surface area contributed by atoms with E-state index < -0.39 is 24.0 Å². The summed E-state index contributed by atoms with van der Waals surface area (Å²) in [4.78, 5) is 47.9. The molecule has 2 rings (SSSR count). The van der Waals surface area contributed by atoms with Crippen LogP contribution in [0.5, 0.6) is 0 Å². The maximum Gasteiger partial charge on any atom is 0.326 e. The SMILES string of the molecule is O=C(O)[C@@H]1CC(O)CN1C(=O)CCN1C(=O)CCC1=O. The molecule has 0 aliphatic carbocycles. The highest BCUT2D eigenvalue weighted by Crippen LogP contribution is 2.20. The zero-order chi connectivity index (χ0) is 14.9. The van der Waals surface area contributed by atoms with Gasteiger partial charge in [-0.2, -0.15) is 0 Å². The molecule has 2 fully saturated rings. The molecule has 0 radical (unpaired) electrons. The fourth-order valence-electron chi connectivity index (χ4n) is 2.55. The minimum absolute atomic E-state index is 0.00263. The van der Waals surface area contributed by atoms with Crippen molar-refractivity contribution in [1.82, 2.24) is 9.80 Å². The van der Waals surface area contributed by atoms with Gasteiger partial charge in [0.1, 0.15) is 6.04 Å². The van der Waals surface area contributed by atoms with Crippen LogP contribution in [0.3, 0.4) is 0 Å². The number of aliphatic hydroxyl groups excluding tert-OH is 1. The van der Waals surface area contributed by atoms with Gasteiger partial charge in [-0.15, -0.1) is 0 Å². The molecule has 2 N–H and O–H groups in total. The highest BCUT2D eigenvalue weighted by atomic mass is 16.4. The van der Waals surface area contributed by atoms with Gasteiger partial charge < -0.3 is 15.1 Å². The Hall–Kier alpha value is -1.96. The molecule has 0 spiro atoms. The molecule has 1 unspecified atom stereocenters. The predicted molar refractivity (Wildman–Crippen MR) is 64.3 cm³/mol. The predicted octanol–water partition coefficient (Wildman–Crippen LogP) is -1.43. The van der Waals surface area contributed by atoms with Gasteiger partial charge >= 0.3 is 5.97 Å². The third-order valence-corrected chi connectivity index (χ3v) is 3.59. The Morgan fingerprint density at radius 2 is 1.80 bits per heavy atom. The van der Waals surface area contributed by atoms with E-state index in [1.807, 2.05) is 0 Å². The first-order valence-electron chi connectivity index (χ1n) is 6.43. The van der Waals surface area contributed by atoms with Crippen molar-refractivity contribution in [2.45, 2.75) is 37.8 Å². The van der Waals surface area contributed by atoms with Crippen LogP contribution in [0.25, 0.3) is 0 Å². The van der Waals surface area contributed by atoms with Crippen LogP contribution in [0.1, 0.15) is 25.7 Å². The van der Waals surface area contributed by atoms with E-state index in [4.69, 9.17) is 5.11 Å². The molecular weight excluding hydrogens is 268 g/mol. The molecule has 0 aromatic heterocycles. The number of nitrogens with zero attached hydrogens (tertiary/aromatic N) is 2. The van der Waals surface area contributed by atoms with Crippen molar-refractivity contribution < 1.29 is 29.4 Å². The van der Waals surface area contributed by atoms with Gasteiger partial charge in [-0.3, -0.25) is 19.3 Å². The minimum atomic E-state index is -1.16. The summed E-state index contributed by atoms with van der Waals surface area (Å²) in [5.74, 6) is -2.25. The molecule has 2 aliphatic rings.